The lowest BCUT2D eigenvalue weighted by atomic mass is 9.88. The summed E-state index contributed by atoms with van der Waals surface area (Å²) in [6.07, 6.45) is 1.000. The van der Waals surface area contributed by atoms with Gasteiger partial charge in [0.15, 0.2) is 0 Å². The third-order valence-electron chi connectivity index (χ3n) is 3.43. The Hall–Kier alpha value is -1.02. The van der Waals surface area contributed by atoms with E-state index >= 15 is 0 Å². The normalized spacial score (nSPS) is 12.9. The summed E-state index contributed by atoms with van der Waals surface area (Å²) in [6.45, 7) is 9.41. The van der Waals surface area contributed by atoms with Gasteiger partial charge in [-0.05, 0) is 49.8 Å². The Labute approximate surface area is 105 Å². The molecular weight excluding hydrogens is 210 g/mol. The zero-order valence-electron chi connectivity index (χ0n) is 11.7. The van der Waals surface area contributed by atoms with E-state index in [1.54, 1.807) is 7.11 Å². The monoisotopic (exact) mass is 235 g/mol. The number of hydrogen-bond donors (Lipinski definition) is 1. The topological polar surface area (TPSA) is 35.2 Å². The molecule has 2 N–H and O–H groups in total. The molecule has 1 aromatic carbocycles. The lowest BCUT2D eigenvalue weighted by Gasteiger charge is -2.21. The quantitative estimate of drug-likeness (QED) is 0.851. The maximum atomic E-state index is 5.85. The summed E-state index contributed by atoms with van der Waals surface area (Å²) in [7, 11) is 1.74. The molecule has 0 heterocycles. The van der Waals surface area contributed by atoms with Gasteiger partial charge in [-0.15, -0.1) is 0 Å². The van der Waals surface area contributed by atoms with Gasteiger partial charge < -0.3 is 10.5 Å². The van der Waals surface area contributed by atoms with Crippen molar-refractivity contribution in [3.8, 4) is 5.75 Å². The Kier molecular flexibility index (Phi) is 5.01. The molecule has 1 unspecified atom stereocenters. The van der Waals surface area contributed by atoms with Gasteiger partial charge in [0.05, 0.1) is 7.11 Å². The van der Waals surface area contributed by atoms with E-state index in [9.17, 15) is 0 Å². The second-order valence-electron chi connectivity index (χ2n) is 5.22. The van der Waals surface area contributed by atoms with Crippen LogP contribution in [0.4, 0.5) is 0 Å². The van der Waals surface area contributed by atoms with Crippen LogP contribution in [0, 0.1) is 25.7 Å². The molecule has 96 valence electrons. The van der Waals surface area contributed by atoms with E-state index in [0.717, 1.165) is 18.7 Å². The first-order chi connectivity index (χ1) is 7.99. The van der Waals surface area contributed by atoms with Crippen molar-refractivity contribution in [2.45, 2.75) is 34.1 Å². The largest absolute Gasteiger partial charge is 0.496 e. The summed E-state index contributed by atoms with van der Waals surface area (Å²) in [5.41, 5.74) is 9.63. The molecule has 1 atom stereocenters. The Balaban J connectivity index is 3.04. The predicted molar refractivity (Wildman–Crippen MR) is 73.6 cm³/mol. The van der Waals surface area contributed by atoms with Gasteiger partial charge in [0.1, 0.15) is 5.75 Å². The lowest BCUT2D eigenvalue weighted by molar-refractivity contribution is 0.371. The van der Waals surface area contributed by atoms with E-state index in [4.69, 9.17) is 10.5 Å². The van der Waals surface area contributed by atoms with Crippen LogP contribution >= 0.6 is 0 Å². The molecule has 0 radical (unpaired) electrons. The standard InChI is InChI=1S/C15H25NO/c1-10(2)14(9-16)8-13-7-11(3)6-12(4)15(13)17-5/h6-7,10,14H,8-9,16H2,1-5H3. The van der Waals surface area contributed by atoms with Crippen LogP contribution in [-0.4, -0.2) is 13.7 Å². The molecule has 0 bridgehead atoms. The smallest absolute Gasteiger partial charge is 0.124 e. The van der Waals surface area contributed by atoms with Crippen LogP contribution in [0.3, 0.4) is 0 Å². The second-order valence-corrected chi connectivity index (χ2v) is 5.22. The highest BCUT2D eigenvalue weighted by Gasteiger charge is 2.16. The van der Waals surface area contributed by atoms with Crippen molar-refractivity contribution in [2.75, 3.05) is 13.7 Å². The van der Waals surface area contributed by atoms with E-state index in [2.05, 4.69) is 39.8 Å². The van der Waals surface area contributed by atoms with E-state index < -0.39 is 0 Å². The lowest BCUT2D eigenvalue weighted by Crippen LogP contribution is -2.22. The molecule has 0 aliphatic heterocycles. The van der Waals surface area contributed by atoms with Crippen molar-refractivity contribution in [3.63, 3.8) is 0 Å². The Morgan fingerprint density at radius 1 is 1.24 bits per heavy atom. The van der Waals surface area contributed by atoms with Crippen molar-refractivity contribution >= 4 is 0 Å². The number of rotatable bonds is 5. The van der Waals surface area contributed by atoms with Gasteiger partial charge in [0.25, 0.3) is 0 Å². The SMILES string of the molecule is COc1c(C)cc(C)cc1CC(CN)C(C)C. The fourth-order valence-electron chi connectivity index (χ4n) is 2.36. The van der Waals surface area contributed by atoms with Gasteiger partial charge in [-0.1, -0.05) is 31.5 Å². The highest BCUT2D eigenvalue weighted by molar-refractivity contribution is 5.44. The summed E-state index contributed by atoms with van der Waals surface area (Å²) in [4.78, 5) is 0. The summed E-state index contributed by atoms with van der Waals surface area (Å²) >= 11 is 0. The minimum atomic E-state index is 0.519. The van der Waals surface area contributed by atoms with Gasteiger partial charge in [-0.3, -0.25) is 0 Å². The van der Waals surface area contributed by atoms with Gasteiger partial charge in [-0.25, -0.2) is 0 Å². The zero-order chi connectivity index (χ0) is 13.0. The van der Waals surface area contributed by atoms with Crippen molar-refractivity contribution in [1.29, 1.82) is 0 Å². The summed E-state index contributed by atoms with van der Waals surface area (Å²) < 4.78 is 5.52. The first-order valence-electron chi connectivity index (χ1n) is 6.33. The van der Waals surface area contributed by atoms with Crippen LogP contribution < -0.4 is 10.5 Å². The third kappa shape index (κ3) is 3.47. The number of aryl methyl sites for hydroxylation is 2. The third-order valence-corrected chi connectivity index (χ3v) is 3.43. The van der Waals surface area contributed by atoms with E-state index in [-0.39, 0.29) is 0 Å². The van der Waals surface area contributed by atoms with Crippen molar-refractivity contribution in [2.24, 2.45) is 17.6 Å². The molecule has 2 heteroatoms. The molecule has 2 nitrogen and oxygen atoms in total. The number of ether oxygens (including phenoxy) is 1. The van der Waals surface area contributed by atoms with Crippen molar-refractivity contribution in [1.82, 2.24) is 0 Å². The molecule has 0 fully saturated rings. The van der Waals surface area contributed by atoms with Crippen LogP contribution in [-0.2, 0) is 6.42 Å². The summed E-state index contributed by atoms with van der Waals surface area (Å²) in [6, 6.07) is 4.38. The molecule has 0 aliphatic rings. The Bertz CT molecular complexity index is 371. The minimum Gasteiger partial charge on any atom is -0.496 e. The second kappa shape index (κ2) is 6.06. The van der Waals surface area contributed by atoms with E-state index in [0.29, 0.717) is 11.8 Å². The average molecular weight is 235 g/mol. The van der Waals surface area contributed by atoms with Crippen LogP contribution in [0.1, 0.15) is 30.5 Å². The van der Waals surface area contributed by atoms with E-state index in [1.165, 1.54) is 16.7 Å². The molecule has 17 heavy (non-hydrogen) atoms. The Morgan fingerprint density at radius 3 is 2.35 bits per heavy atom. The number of nitrogens with two attached hydrogens (primary N) is 1. The number of methoxy groups -OCH3 is 1. The van der Waals surface area contributed by atoms with Gasteiger partial charge in [0, 0.05) is 0 Å². The average Bonchev–Trinajstić information content (AvgIpc) is 2.24. The first-order valence-corrected chi connectivity index (χ1v) is 6.33. The highest BCUT2D eigenvalue weighted by atomic mass is 16.5. The number of benzene rings is 1. The van der Waals surface area contributed by atoms with E-state index in [1.807, 2.05) is 0 Å². The molecule has 0 aliphatic carbocycles. The van der Waals surface area contributed by atoms with Gasteiger partial charge in [0.2, 0.25) is 0 Å². The van der Waals surface area contributed by atoms with Gasteiger partial charge in [-0.2, -0.15) is 0 Å². The molecule has 0 spiro atoms. The maximum Gasteiger partial charge on any atom is 0.124 e. The van der Waals surface area contributed by atoms with Crippen molar-refractivity contribution in [3.05, 3.63) is 28.8 Å². The molecule has 0 saturated heterocycles. The van der Waals surface area contributed by atoms with Crippen LogP contribution in [0.25, 0.3) is 0 Å². The van der Waals surface area contributed by atoms with Crippen LogP contribution in [0.2, 0.25) is 0 Å². The molecular formula is C15H25NO. The van der Waals surface area contributed by atoms with Crippen molar-refractivity contribution < 1.29 is 4.74 Å². The fourth-order valence-corrected chi connectivity index (χ4v) is 2.36. The van der Waals surface area contributed by atoms with Crippen LogP contribution in [0.15, 0.2) is 12.1 Å². The Morgan fingerprint density at radius 2 is 1.88 bits per heavy atom. The first kappa shape index (κ1) is 14.0. The zero-order valence-corrected chi connectivity index (χ0v) is 11.7. The maximum absolute atomic E-state index is 5.85. The summed E-state index contributed by atoms with van der Waals surface area (Å²) in [5.74, 6) is 2.14. The highest BCUT2D eigenvalue weighted by Crippen LogP contribution is 2.28. The van der Waals surface area contributed by atoms with Gasteiger partial charge >= 0.3 is 0 Å². The van der Waals surface area contributed by atoms with Crippen LogP contribution in [0.5, 0.6) is 5.75 Å². The summed E-state index contributed by atoms with van der Waals surface area (Å²) in [5, 5.41) is 0. The minimum absolute atomic E-state index is 0.519. The molecule has 0 aromatic heterocycles. The predicted octanol–water partition coefficient (Wildman–Crippen LogP) is 3.09. The molecule has 0 saturated carbocycles. The fraction of sp³-hybridized carbons (Fsp3) is 0.600. The molecule has 1 aromatic rings. The molecule has 0 amide bonds. The number of hydrogen-bond acceptors (Lipinski definition) is 2. The molecule has 1 rings (SSSR count).